The van der Waals surface area contributed by atoms with Crippen LogP contribution in [0.3, 0.4) is 0 Å². The molecule has 1 nitrogen and oxygen atoms in total. The minimum Gasteiger partial charge on any atom is -0.193 e. The molecule has 0 atom stereocenters. The van der Waals surface area contributed by atoms with Crippen LogP contribution in [-0.2, 0) is 0 Å². The van der Waals surface area contributed by atoms with Gasteiger partial charge in [0.1, 0.15) is 0 Å². The summed E-state index contributed by atoms with van der Waals surface area (Å²) < 4.78 is 1.05. The lowest BCUT2D eigenvalue weighted by atomic mass is 10.2. The average molecular weight is 243 g/mol. The van der Waals surface area contributed by atoms with Crippen molar-refractivity contribution in [1.82, 2.24) is 0 Å². The minimum atomic E-state index is 0.969. The van der Waals surface area contributed by atoms with Crippen molar-refractivity contribution < 1.29 is 0 Å². The van der Waals surface area contributed by atoms with Gasteiger partial charge in [0.25, 0.3) is 0 Å². The van der Waals surface area contributed by atoms with Crippen molar-refractivity contribution in [3.63, 3.8) is 0 Å². The SMILES string of the molecule is N#C/C=C(\I)C1=CC=CC1. The predicted molar refractivity (Wildman–Crippen MR) is 49.6 cm³/mol. The normalized spacial score (nSPS) is 16.8. The lowest BCUT2D eigenvalue weighted by Crippen LogP contribution is -1.74. The van der Waals surface area contributed by atoms with E-state index in [9.17, 15) is 0 Å². The van der Waals surface area contributed by atoms with Crippen molar-refractivity contribution in [3.8, 4) is 6.07 Å². The Morgan fingerprint density at radius 2 is 2.60 bits per heavy atom. The second kappa shape index (κ2) is 3.57. The minimum absolute atomic E-state index is 0.969. The van der Waals surface area contributed by atoms with Crippen molar-refractivity contribution >= 4 is 22.6 Å². The van der Waals surface area contributed by atoms with E-state index in [4.69, 9.17) is 5.26 Å². The van der Waals surface area contributed by atoms with Crippen LogP contribution in [0.1, 0.15) is 6.42 Å². The molecule has 0 aliphatic heterocycles. The number of hydrogen-bond acceptors (Lipinski definition) is 1. The molecule has 0 unspecified atom stereocenters. The van der Waals surface area contributed by atoms with Crippen molar-refractivity contribution in [2.45, 2.75) is 6.42 Å². The van der Waals surface area contributed by atoms with Gasteiger partial charge in [-0.05, 0) is 34.6 Å². The Bertz CT molecular complexity index is 253. The van der Waals surface area contributed by atoms with E-state index in [1.807, 2.05) is 18.2 Å². The molecule has 0 saturated carbocycles. The van der Waals surface area contributed by atoms with Crippen LogP contribution in [0, 0.1) is 11.3 Å². The van der Waals surface area contributed by atoms with E-state index in [0.717, 1.165) is 10.0 Å². The average Bonchev–Trinajstić information content (AvgIpc) is 2.38. The molecule has 2 heteroatoms. The largest absolute Gasteiger partial charge is 0.193 e. The van der Waals surface area contributed by atoms with Gasteiger partial charge in [-0.25, -0.2) is 0 Å². The Kier molecular flexibility index (Phi) is 2.69. The van der Waals surface area contributed by atoms with E-state index in [1.54, 1.807) is 6.08 Å². The fraction of sp³-hybridized carbons (Fsp3) is 0.125. The number of rotatable bonds is 1. The lowest BCUT2D eigenvalue weighted by Gasteiger charge is -1.94. The first kappa shape index (κ1) is 7.55. The summed E-state index contributed by atoms with van der Waals surface area (Å²) in [5.41, 5.74) is 1.24. The van der Waals surface area contributed by atoms with Gasteiger partial charge in [-0.1, -0.05) is 18.2 Å². The molecule has 0 aromatic heterocycles. The molecule has 10 heavy (non-hydrogen) atoms. The van der Waals surface area contributed by atoms with Crippen LogP contribution in [0.2, 0.25) is 0 Å². The molecule has 0 heterocycles. The molecule has 0 saturated heterocycles. The topological polar surface area (TPSA) is 23.8 Å². The molecule has 1 aliphatic rings. The third-order valence-electron chi connectivity index (χ3n) is 1.27. The molecule has 1 rings (SSSR count). The van der Waals surface area contributed by atoms with Crippen LogP contribution in [0.15, 0.2) is 33.5 Å². The first-order chi connectivity index (χ1) is 4.84. The standard InChI is InChI=1S/C8H6IN/c9-8(5-6-10)7-3-1-2-4-7/h1-3,5H,4H2/b8-5-. The van der Waals surface area contributed by atoms with Crippen LogP contribution in [-0.4, -0.2) is 0 Å². The number of nitrogens with zero attached hydrogens (tertiary/aromatic N) is 1. The van der Waals surface area contributed by atoms with Crippen LogP contribution >= 0.6 is 22.6 Å². The van der Waals surface area contributed by atoms with E-state index in [-0.39, 0.29) is 0 Å². The number of halogens is 1. The molecule has 0 aromatic carbocycles. The highest BCUT2D eigenvalue weighted by atomic mass is 127. The quantitative estimate of drug-likeness (QED) is 0.513. The van der Waals surface area contributed by atoms with Crippen molar-refractivity contribution in [1.29, 1.82) is 5.26 Å². The lowest BCUT2D eigenvalue weighted by molar-refractivity contribution is 1.33. The van der Waals surface area contributed by atoms with Crippen LogP contribution < -0.4 is 0 Å². The third-order valence-corrected chi connectivity index (χ3v) is 2.27. The van der Waals surface area contributed by atoms with E-state index in [0.29, 0.717) is 0 Å². The van der Waals surface area contributed by atoms with Gasteiger partial charge in [0.15, 0.2) is 0 Å². The Labute approximate surface area is 73.9 Å². The Balaban J connectivity index is 2.70. The summed E-state index contributed by atoms with van der Waals surface area (Å²) in [6, 6.07) is 2.01. The van der Waals surface area contributed by atoms with E-state index < -0.39 is 0 Å². The van der Waals surface area contributed by atoms with Gasteiger partial charge >= 0.3 is 0 Å². The first-order valence-corrected chi connectivity index (χ1v) is 4.04. The summed E-state index contributed by atoms with van der Waals surface area (Å²) in [6.07, 6.45) is 8.67. The fourth-order valence-corrected chi connectivity index (χ4v) is 1.31. The van der Waals surface area contributed by atoms with Gasteiger partial charge < -0.3 is 0 Å². The van der Waals surface area contributed by atoms with E-state index in [1.165, 1.54) is 5.57 Å². The molecule has 1 aliphatic carbocycles. The van der Waals surface area contributed by atoms with E-state index in [2.05, 4.69) is 28.7 Å². The summed E-state index contributed by atoms with van der Waals surface area (Å²) in [4.78, 5) is 0. The van der Waals surface area contributed by atoms with Gasteiger partial charge in [0, 0.05) is 9.66 Å². The summed E-state index contributed by atoms with van der Waals surface area (Å²) in [5.74, 6) is 0. The molecular weight excluding hydrogens is 237 g/mol. The monoisotopic (exact) mass is 243 g/mol. The zero-order valence-electron chi connectivity index (χ0n) is 5.34. The first-order valence-electron chi connectivity index (χ1n) is 2.96. The van der Waals surface area contributed by atoms with Gasteiger partial charge in [-0.2, -0.15) is 5.26 Å². The van der Waals surface area contributed by atoms with Crippen LogP contribution in [0.4, 0.5) is 0 Å². The van der Waals surface area contributed by atoms with Crippen molar-refractivity contribution in [2.24, 2.45) is 0 Å². The van der Waals surface area contributed by atoms with E-state index >= 15 is 0 Å². The van der Waals surface area contributed by atoms with Crippen LogP contribution in [0.5, 0.6) is 0 Å². The van der Waals surface area contributed by atoms with Gasteiger partial charge in [0.2, 0.25) is 0 Å². The van der Waals surface area contributed by atoms with Crippen molar-refractivity contribution in [2.75, 3.05) is 0 Å². The number of nitriles is 1. The summed E-state index contributed by atoms with van der Waals surface area (Å²) in [5, 5.41) is 8.32. The molecule has 0 aromatic rings. The molecule has 0 N–H and O–H groups in total. The summed E-state index contributed by atoms with van der Waals surface area (Å²) >= 11 is 2.17. The molecular formula is C8H6IN. The maximum absolute atomic E-state index is 8.32. The highest BCUT2D eigenvalue weighted by Crippen LogP contribution is 2.24. The van der Waals surface area contributed by atoms with Gasteiger partial charge in [-0.15, -0.1) is 0 Å². The number of hydrogen-bond donors (Lipinski definition) is 0. The maximum Gasteiger partial charge on any atom is 0.0923 e. The zero-order valence-corrected chi connectivity index (χ0v) is 7.50. The zero-order chi connectivity index (χ0) is 7.40. The number of allylic oxidation sites excluding steroid dienone is 6. The highest BCUT2D eigenvalue weighted by molar-refractivity contribution is 14.1. The highest BCUT2D eigenvalue weighted by Gasteiger charge is 2.01. The predicted octanol–water partition coefficient (Wildman–Crippen LogP) is 2.72. The van der Waals surface area contributed by atoms with Gasteiger partial charge in [0.05, 0.1) is 6.07 Å². The summed E-state index contributed by atoms with van der Waals surface area (Å²) in [6.45, 7) is 0. The van der Waals surface area contributed by atoms with Gasteiger partial charge in [-0.3, -0.25) is 0 Å². The summed E-state index contributed by atoms with van der Waals surface area (Å²) in [7, 11) is 0. The fourth-order valence-electron chi connectivity index (χ4n) is 0.774. The Morgan fingerprint density at radius 1 is 1.80 bits per heavy atom. The smallest absolute Gasteiger partial charge is 0.0923 e. The third kappa shape index (κ3) is 1.71. The molecule has 50 valence electrons. The molecule has 0 amide bonds. The second-order valence-electron chi connectivity index (χ2n) is 1.95. The second-order valence-corrected chi connectivity index (χ2v) is 3.11. The van der Waals surface area contributed by atoms with Crippen LogP contribution in [0.25, 0.3) is 0 Å². The molecule has 0 bridgehead atoms. The van der Waals surface area contributed by atoms with Crippen molar-refractivity contribution in [3.05, 3.63) is 33.5 Å². The Hall–Kier alpha value is -0.560. The molecule has 0 radical (unpaired) electrons. The maximum atomic E-state index is 8.32. The Morgan fingerprint density at radius 3 is 3.10 bits per heavy atom. The molecule has 0 spiro atoms. The molecule has 0 fully saturated rings.